The summed E-state index contributed by atoms with van der Waals surface area (Å²) in [6.45, 7) is -0.396. The zero-order chi connectivity index (χ0) is 9.30. The molecule has 0 saturated carbocycles. The molecule has 1 aliphatic rings. The lowest BCUT2D eigenvalue weighted by molar-refractivity contribution is -0.203. The maximum Gasteiger partial charge on any atom is 0.141 e. The highest BCUT2D eigenvalue weighted by Crippen LogP contribution is 2.24. The van der Waals surface area contributed by atoms with Crippen molar-refractivity contribution in [2.24, 2.45) is 0 Å². The van der Waals surface area contributed by atoms with Gasteiger partial charge in [0.15, 0.2) is 0 Å². The fourth-order valence-electron chi connectivity index (χ4n) is 1.06. The summed E-state index contributed by atoms with van der Waals surface area (Å²) in [5.74, 6) is 0. The zero-order valence-electron chi connectivity index (χ0n) is 6.17. The monoisotopic (exact) mass is 242 g/mol. The molecule has 12 heavy (non-hydrogen) atoms. The van der Waals surface area contributed by atoms with Crippen LogP contribution in [0.1, 0.15) is 0 Å². The summed E-state index contributed by atoms with van der Waals surface area (Å²) in [6, 6.07) is 0. The molecule has 6 heteroatoms. The van der Waals surface area contributed by atoms with Gasteiger partial charge in [0, 0.05) is 0 Å². The number of aliphatic hydroxyl groups excluding tert-OH is 4. The van der Waals surface area contributed by atoms with E-state index >= 15 is 0 Å². The van der Waals surface area contributed by atoms with Crippen LogP contribution in [0.2, 0.25) is 0 Å². The summed E-state index contributed by atoms with van der Waals surface area (Å²) >= 11 is 2.95. The first-order valence-electron chi connectivity index (χ1n) is 3.52. The Morgan fingerprint density at radius 3 is 2.17 bits per heavy atom. The Morgan fingerprint density at radius 2 is 1.67 bits per heavy atom. The maximum atomic E-state index is 9.21. The van der Waals surface area contributed by atoms with Crippen LogP contribution >= 0.6 is 15.9 Å². The van der Waals surface area contributed by atoms with Crippen LogP contribution in [-0.2, 0) is 4.74 Å². The van der Waals surface area contributed by atoms with Gasteiger partial charge in [0.25, 0.3) is 0 Å². The maximum absolute atomic E-state index is 9.21. The highest BCUT2D eigenvalue weighted by molar-refractivity contribution is 9.09. The Labute approximate surface area is 77.7 Å². The number of aliphatic hydroxyl groups is 4. The molecule has 1 heterocycles. The van der Waals surface area contributed by atoms with Crippen molar-refractivity contribution in [1.29, 1.82) is 0 Å². The van der Waals surface area contributed by atoms with E-state index in [1.165, 1.54) is 0 Å². The minimum absolute atomic E-state index is 0.396. The summed E-state index contributed by atoms with van der Waals surface area (Å²) in [5, 5.41) is 35.5. The summed E-state index contributed by atoms with van der Waals surface area (Å²) < 4.78 is 4.94. The molecule has 1 aliphatic heterocycles. The minimum Gasteiger partial charge on any atom is -0.394 e. The van der Waals surface area contributed by atoms with E-state index in [1.54, 1.807) is 0 Å². The van der Waals surface area contributed by atoms with E-state index in [-0.39, 0.29) is 0 Å². The van der Waals surface area contributed by atoms with Crippen molar-refractivity contribution in [3.63, 3.8) is 0 Å². The third kappa shape index (κ3) is 1.78. The third-order valence-electron chi connectivity index (χ3n) is 1.83. The van der Waals surface area contributed by atoms with Crippen LogP contribution in [0, 0.1) is 0 Å². The van der Waals surface area contributed by atoms with Gasteiger partial charge in [-0.25, -0.2) is 0 Å². The predicted molar refractivity (Wildman–Crippen MR) is 42.7 cm³/mol. The first-order chi connectivity index (χ1) is 5.57. The molecule has 5 atom stereocenters. The molecule has 72 valence electrons. The molecular weight excluding hydrogens is 232 g/mol. The van der Waals surface area contributed by atoms with Gasteiger partial charge in [0.05, 0.1) is 6.61 Å². The largest absolute Gasteiger partial charge is 0.394 e. The van der Waals surface area contributed by atoms with Crippen molar-refractivity contribution in [1.82, 2.24) is 0 Å². The van der Waals surface area contributed by atoms with Crippen molar-refractivity contribution >= 4 is 15.9 Å². The Hall–Kier alpha value is 0.280. The van der Waals surface area contributed by atoms with Crippen LogP contribution in [-0.4, -0.2) is 56.5 Å². The van der Waals surface area contributed by atoms with Crippen LogP contribution in [0.15, 0.2) is 0 Å². The van der Waals surface area contributed by atoms with E-state index in [0.717, 1.165) is 0 Å². The third-order valence-corrected chi connectivity index (χ3v) is 2.59. The molecule has 0 aliphatic carbocycles. The van der Waals surface area contributed by atoms with Gasteiger partial charge in [-0.05, 0) is 0 Å². The Bertz CT molecular complexity index is 150. The van der Waals surface area contributed by atoms with Gasteiger partial charge in [-0.3, -0.25) is 0 Å². The predicted octanol–water partition coefficient (Wildman–Crippen LogP) is -1.82. The van der Waals surface area contributed by atoms with Crippen LogP contribution in [0.3, 0.4) is 0 Å². The topological polar surface area (TPSA) is 90.2 Å². The van der Waals surface area contributed by atoms with E-state index in [9.17, 15) is 10.2 Å². The lowest BCUT2D eigenvalue weighted by Gasteiger charge is -2.37. The molecule has 0 aromatic carbocycles. The van der Waals surface area contributed by atoms with Gasteiger partial charge in [0.1, 0.15) is 29.4 Å². The molecule has 1 rings (SSSR count). The van der Waals surface area contributed by atoms with E-state index in [1.807, 2.05) is 0 Å². The van der Waals surface area contributed by atoms with Crippen LogP contribution < -0.4 is 0 Å². The van der Waals surface area contributed by atoms with E-state index in [2.05, 4.69) is 15.9 Å². The zero-order valence-corrected chi connectivity index (χ0v) is 7.75. The van der Waals surface area contributed by atoms with E-state index in [4.69, 9.17) is 14.9 Å². The normalized spacial score (nSPS) is 49.2. The van der Waals surface area contributed by atoms with Gasteiger partial charge >= 0.3 is 0 Å². The highest BCUT2D eigenvalue weighted by atomic mass is 79.9. The Morgan fingerprint density at radius 1 is 1.08 bits per heavy atom. The van der Waals surface area contributed by atoms with Gasteiger partial charge in [-0.2, -0.15) is 0 Å². The van der Waals surface area contributed by atoms with Crippen LogP contribution in [0.4, 0.5) is 0 Å². The fourth-order valence-corrected chi connectivity index (χ4v) is 1.65. The molecule has 1 fully saturated rings. The summed E-state index contributed by atoms with van der Waals surface area (Å²) in [5.41, 5.74) is 0. The number of halogens is 1. The Kier molecular flexibility index (Phi) is 3.45. The van der Waals surface area contributed by atoms with E-state index < -0.39 is 36.0 Å². The average molecular weight is 243 g/mol. The molecule has 1 saturated heterocycles. The second-order valence-corrected chi connectivity index (χ2v) is 3.58. The number of rotatable bonds is 1. The first-order valence-corrected chi connectivity index (χ1v) is 4.44. The smallest absolute Gasteiger partial charge is 0.141 e. The number of alkyl halides is 1. The Balaban J connectivity index is 2.63. The average Bonchev–Trinajstić information content (AvgIpc) is 2.08. The van der Waals surface area contributed by atoms with E-state index in [0.29, 0.717) is 0 Å². The summed E-state index contributed by atoms with van der Waals surface area (Å²) in [6.07, 6.45) is -4.57. The summed E-state index contributed by atoms with van der Waals surface area (Å²) in [4.78, 5) is 0. The minimum atomic E-state index is -1.29. The molecule has 0 aromatic rings. The molecular formula is C6H11BrO5. The van der Waals surface area contributed by atoms with Crippen molar-refractivity contribution in [3.05, 3.63) is 0 Å². The van der Waals surface area contributed by atoms with Crippen molar-refractivity contribution in [3.8, 4) is 0 Å². The van der Waals surface area contributed by atoms with Gasteiger partial charge in [-0.1, -0.05) is 15.9 Å². The first kappa shape index (κ1) is 10.4. The highest BCUT2D eigenvalue weighted by Gasteiger charge is 2.42. The summed E-state index contributed by atoms with van der Waals surface area (Å²) in [7, 11) is 0. The van der Waals surface area contributed by atoms with Crippen LogP contribution in [0.5, 0.6) is 0 Å². The standard InChI is InChI=1S/C6H11BrO5/c7-6-5(11)4(10)3(9)2(1-8)12-6/h2-6,8-11H,1H2/t2-,3-,4+,5-,6?/m1/s1. The fraction of sp³-hybridized carbons (Fsp3) is 1.00. The molecule has 0 spiro atoms. The van der Waals surface area contributed by atoms with Crippen LogP contribution in [0.25, 0.3) is 0 Å². The van der Waals surface area contributed by atoms with Crippen molar-refractivity contribution < 1.29 is 25.2 Å². The second kappa shape index (κ2) is 3.99. The molecule has 1 unspecified atom stereocenters. The van der Waals surface area contributed by atoms with Gasteiger partial charge in [0.2, 0.25) is 0 Å². The molecule has 0 bridgehead atoms. The van der Waals surface area contributed by atoms with Crippen molar-refractivity contribution in [2.45, 2.75) is 29.4 Å². The molecule has 0 amide bonds. The SMILES string of the molecule is OC[C@H]1OC(Br)[C@H](O)[C@@H](O)[C@@H]1O. The number of hydrogen-bond donors (Lipinski definition) is 4. The quantitative estimate of drug-likeness (QED) is 0.407. The number of ether oxygens (including phenoxy) is 1. The van der Waals surface area contributed by atoms with Gasteiger partial charge < -0.3 is 25.2 Å². The molecule has 0 radical (unpaired) electrons. The van der Waals surface area contributed by atoms with Crippen molar-refractivity contribution in [2.75, 3.05) is 6.61 Å². The number of hydrogen-bond acceptors (Lipinski definition) is 5. The molecule has 5 nitrogen and oxygen atoms in total. The molecule has 0 aromatic heterocycles. The molecule has 4 N–H and O–H groups in total. The lowest BCUT2D eigenvalue weighted by atomic mass is 10.0. The second-order valence-electron chi connectivity index (χ2n) is 2.68. The van der Waals surface area contributed by atoms with Gasteiger partial charge in [-0.15, -0.1) is 0 Å². The lowest BCUT2D eigenvalue weighted by Crippen LogP contribution is -2.56.